The number of esters is 1. The number of thiazole rings is 1. The molecule has 0 bridgehead atoms. The lowest BCUT2D eigenvalue weighted by atomic mass is 10.3. The number of amides is 1. The molecular formula is C12H14N4O3S. The van der Waals surface area contributed by atoms with Gasteiger partial charge in [0, 0.05) is 18.1 Å². The predicted molar refractivity (Wildman–Crippen MR) is 76.0 cm³/mol. The third kappa shape index (κ3) is 2.64. The van der Waals surface area contributed by atoms with Gasteiger partial charge in [-0.2, -0.15) is 0 Å². The van der Waals surface area contributed by atoms with E-state index in [0.29, 0.717) is 16.5 Å². The molecule has 20 heavy (non-hydrogen) atoms. The Balaban J connectivity index is 2.20. The van der Waals surface area contributed by atoms with Gasteiger partial charge in [-0.15, -0.1) is 11.3 Å². The molecule has 2 rings (SSSR count). The lowest BCUT2D eigenvalue weighted by Crippen LogP contribution is -2.13. The molecule has 0 atom stereocenters. The van der Waals surface area contributed by atoms with E-state index in [9.17, 15) is 9.59 Å². The Morgan fingerprint density at radius 3 is 2.75 bits per heavy atom. The highest BCUT2D eigenvalue weighted by Gasteiger charge is 2.17. The molecule has 0 unspecified atom stereocenters. The molecule has 0 aliphatic rings. The third-order valence-electron chi connectivity index (χ3n) is 2.69. The van der Waals surface area contributed by atoms with Crippen LogP contribution in [0.3, 0.4) is 0 Å². The number of nitrogens with one attached hydrogen (secondary N) is 1. The van der Waals surface area contributed by atoms with E-state index in [2.05, 4.69) is 15.0 Å². The number of hydrogen-bond donors (Lipinski definition) is 2. The summed E-state index contributed by atoms with van der Waals surface area (Å²) < 4.78 is 6.22. The Morgan fingerprint density at radius 2 is 2.20 bits per heavy atom. The number of nitrogens with zero attached hydrogens (tertiary/aromatic N) is 2. The topological polar surface area (TPSA) is 99.2 Å². The predicted octanol–water partition coefficient (Wildman–Crippen LogP) is 1.41. The highest BCUT2D eigenvalue weighted by atomic mass is 32.1. The van der Waals surface area contributed by atoms with Crippen LogP contribution in [0.4, 0.5) is 10.8 Å². The number of aromatic nitrogens is 2. The van der Waals surface area contributed by atoms with E-state index in [-0.39, 0.29) is 11.6 Å². The fourth-order valence-electron chi connectivity index (χ4n) is 1.76. The summed E-state index contributed by atoms with van der Waals surface area (Å²) in [5, 5.41) is 3.02. The zero-order chi connectivity index (χ0) is 14.9. The van der Waals surface area contributed by atoms with Crippen molar-refractivity contribution in [1.82, 2.24) is 9.55 Å². The number of carbonyl (C=O) groups is 2. The minimum atomic E-state index is -0.470. The summed E-state index contributed by atoms with van der Waals surface area (Å²) in [5.41, 5.74) is 6.68. The van der Waals surface area contributed by atoms with E-state index in [1.807, 2.05) is 0 Å². The van der Waals surface area contributed by atoms with E-state index < -0.39 is 5.97 Å². The second-order valence-corrected chi connectivity index (χ2v) is 5.36. The van der Waals surface area contributed by atoms with Crippen molar-refractivity contribution in [2.75, 3.05) is 18.2 Å². The minimum absolute atomic E-state index is 0.288. The van der Waals surface area contributed by atoms with Crippen molar-refractivity contribution >= 4 is 34.0 Å². The summed E-state index contributed by atoms with van der Waals surface area (Å²) in [6, 6.07) is 1.54. The lowest BCUT2D eigenvalue weighted by Gasteiger charge is -2.00. The van der Waals surface area contributed by atoms with Crippen molar-refractivity contribution in [3.05, 3.63) is 28.5 Å². The largest absolute Gasteiger partial charge is 0.464 e. The third-order valence-corrected chi connectivity index (χ3v) is 3.49. The average molecular weight is 294 g/mol. The molecule has 0 aromatic carbocycles. The number of ether oxygens (including phenoxy) is 1. The van der Waals surface area contributed by atoms with Crippen LogP contribution in [0.15, 0.2) is 12.3 Å². The molecular weight excluding hydrogens is 280 g/mol. The van der Waals surface area contributed by atoms with Crippen LogP contribution in [-0.2, 0) is 11.8 Å². The van der Waals surface area contributed by atoms with Crippen molar-refractivity contribution in [1.29, 1.82) is 0 Å². The van der Waals surface area contributed by atoms with Gasteiger partial charge in [-0.05, 0) is 13.0 Å². The number of aryl methyl sites for hydroxylation is 2. The SMILES string of the molecule is COC(=O)c1cc(NC(=O)c2nc(N)sc2C)cn1C. The summed E-state index contributed by atoms with van der Waals surface area (Å²) in [6.07, 6.45) is 1.62. The zero-order valence-corrected chi connectivity index (χ0v) is 12.1. The number of anilines is 2. The first-order valence-electron chi connectivity index (χ1n) is 5.71. The van der Waals surface area contributed by atoms with Crippen LogP contribution in [0, 0.1) is 6.92 Å². The smallest absolute Gasteiger partial charge is 0.354 e. The molecule has 1 amide bonds. The highest BCUT2D eigenvalue weighted by Crippen LogP contribution is 2.21. The van der Waals surface area contributed by atoms with Crippen molar-refractivity contribution < 1.29 is 14.3 Å². The normalized spacial score (nSPS) is 10.3. The maximum Gasteiger partial charge on any atom is 0.354 e. The van der Waals surface area contributed by atoms with E-state index >= 15 is 0 Å². The van der Waals surface area contributed by atoms with Gasteiger partial charge < -0.3 is 20.4 Å². The van der Waals surface area contributed by atoms with Crippen LogP contribution in [-0.4, -0.2) is 28.5 Å². The molecule has 2 aromatic rings. The summed E-state index contributed by atoms with van der Waals surface area (Å²) in [6.45, 7) is 1.77. The van der Waals surface area contributed by atoms with E-state index in [1.54, 1.807) is 24.7 Å². The quantitative estimate of drug-likeness (QED) is 0.834. The molecule has 2 aromatic heterocycles. The molecule has 0 saturated carbocycles. The highest BCUT2D eigenvalue weighted by molar-refractivity contribution is 7.15. The maximum atomic E-state index is 12.1. The molecule has 0 fully saturated rings. The van der Waals surface area contributed by atoms with Crippen LogP contribution in [0.25, 0.3) is 0 Å². The molecule has 2 heterocycles. The van der Waals surface area contributed by atoms with E-state index in [4.69, 9.17) is 5.73 Å². The minimum Gasteiger partial charge on any atom is -0.464 e. The van der Waals surface area contributed by atoms with Crippen LogP contribution in [0.5, 0.6) is 0 Å². The summed E-state index contributed by atoms with van der Waals surface area (Å²) >= 11 is 1.25. The van der Waals surface area contributed by atoms with Crippen molar-refractivity contribution in [3.63, 3.8) is 0 Å². The van der Waals surface area contributed by atoms with Gasteiger partial charge in [-0.25, -0.2) is 9.78 Å². The summed E-state index contributed by atoms with van der Waals surface area (Å²) in [7, 11) is 2.99. The Morgan fingerprint density at radius 1 is 1.50 bits per heavy atom. The second kappa shape index (κ2) is 5.33. The number of rotatable bonds is 3. The Hall–Kier alpha value is -2.35. The molecule has 0 aliphatic carbocycles. The fraction of sp³-hybridized carbons (Fsp3) is 0.250. The molecule has 106 valence electrons. The summed E-state index contributed by atoms with van der Waals surface area (Å²) in [4.78, 5) is 28.3. The molecule has 3 N–H and O–H groups in total. The number of hydrogen-bond acceptors (Lipinski definition) is 6. The van der Waals surface area contributed by atoms with Crippen molar-refractivity contribution in [3.8, 4) is 0 Å². The first-order valence-corrected chi connectivity index (χ1v) is 6.53. The Kier molecular flexibility index (Phi) is 3.75. The Labute approximate surface area is 119 Å². The van der Waals surface area contributed by atoms with Gasteiger partial charge in [0.1, 0.15) is 11.4 Å². The molecule has 0 saturated heterocycles. The van der Waals surface area contributed by atoms with Crippen LogP contribution >= 0.6 is 11.3 Å². The van der Waals surface area contributed by atoms with Gasteiger partial charge in [0.15, 0.2) is 5.13 Å². The first-order chi connectivity index (χ1) is 9.42. The summed E-state index contributed by atoms with van der Waals surface area (Å²) in [5.74, 6) is -0.834. The standard InChI is InChI=1S/C12H14N4O3S/c1-6-9(15-12(13)20-6)10(17)14-7-4-8(11(18)19-3)16(2)5-7/h4-5H,1-3H3,(H2,13,15)(H,14,17). The average Bonchev–Trinajstić information content (AvgIpc) is 2.91. The molecule has 0 radical (unpaired) electrons. The fourth-order valence-corrected chi connectivity index (χ4v) is 2.44. The van der Waals surface area contributed by atoms with Crippen molar-refractivity contribution in [2.24, 2.45) is 7.05 Å². The lowest BCUT2D eigenvalue weighted by molar-refractivity contribution is 0.0590. The van der Waals surface area contributed by atoms with E-state index in [1.165, 1.54) is 24.5 Å². The van der Waals surface area contributed by atoms with Gasteiger partial charge in [-0.3, -0.25) is 4.79 Å². The Bertz CT molecular complexity index is 674. The molecule has 7 nitrogen and oxygen atoms in total. The number of carbonyl (C=O) groups excluding carboxylic acids is 2. The first kappa shape index (κ1) is 14.1. The van der Waals surface area contributed by atoms with Gasteiger partial charge in [-0.1, -0.05) is 0 Å². The zero-order valence-electron chi connectivity index (χ0n) is 11.3. The van der Waals surface area contributed by atoms with Gasteiger partial charge in [0.25, 0.3) is 5.91 Å². The number of nitrogen functional groups attached to an aromatic ring is 1. The monoisotopic (exact) mass is 294 g/mol. The van der Waals surface area contributed by atoms with E-state index in [0.717, 1.165) is 4.88 Å². The number of nitrogens with two attached hydrogens (primary N) is 1. The second-order valence-electron chi connectivity index (χ2n) is 4.13. The van der Waals surface area contributed by atoms with Gasteiger partial charge >= 0.3 is 5.97 Å². The van der Waals surface area contributed by atoms with Crippen molar-refractivity contribution in [2.45, 2.75) is 6.92 Å². The van der Waals surface area contributed by atoms with Gasteiger partial charge in [0.2, 0.25) is 0 Å². The molecule has 8 heteroatoms. The van der Waals surface area contributed by atoms with Crippen LogP contribution in [0.1, 0.15) is 25.9 Å². The molecule has 0 spiro atoms. The van der Waals surface area contributed by atoms with Crippen LogP contribution in [0.2, 0.25) is 0 Å². The maximum absolute atomic E-state index is 12.1. The van der Waals surface area contributed by atoms with Gasteiger partial charge in [0.05, 0.1) is 12.8 Å². The number of methoxy groups -OCH3 is 1. The molecule has 0 aliphatic heterocycles. The van der Waals surface area contributed by atoms with Crippen LogP contribution < -0.4 is 11.1 Å².